The van der Waals surface area contributed by atoms with Gasteiger partial charge in [0, 0.05) is 32.2 Å². The van der Waals surface area contributed by atoms with Gasteiger partial charge in [-0.3, -0.25) is 4.79 Å². The van der Waals surface area contributed by atoms with Gasteiger partial charge in [-0.2, -0.15) is 0 Å². The van der Waals surface area contributed by atoms with E-state index < -0.39 is 0 Å². The number of piperazine rings is 1. The van der Waals surface area contributed by atoms with Crippen molar-refractivity contribution in [1.82, 2.24) is 15.1 Å². The lowest BCUT2D eigenvalue weighted by atomic mass is 9.96. The van der Waals surface area contributed by atoms with E-state index in [0.29, 0.717) is 38.0 Å². The Kier molecular flexibility index (Phi) is 4.88. The summed E-state index contributed by atoms with van der Waals surface area (Å²) < 4.78 is 5.39. The van der Waals surface area contributed by atoms with Crippen LogP contribution in [0.1, 0.15) is 48.4 Å². The third-order valence-corrected chi connectivity index (χ3v) is 4.74. The van der Waals surface area contributed by atoms with Crippen LogP contribution in [0.5, 0.6) is 0 Å². The lowest BCUT2D eigenvalue weighted by Gasteiger charge is -2.35. The predicted molar refractivity (Wildman–Crippen MR) is 86.3 cm³/mol. The highest BCUT2D eigenvalue weighted by Crippen LogP contribution is 2.18. The Hall–Kier alpha value is -1.98. The molecule has 0 radical (unpaired) electrons. The van der Waals surface area contributed by atoms with Gasteiger partial charge in [0.1, 0.15) is 5.76 Å². The number of aryl methyl sites for hydroxylation is 1. The summed E-state index contributed by atoms with van der Waals surface area (Å²) >= 11 is 0. The van der Waals surface area contributed by atoms with Gasteiger partial charge in [0.05, 0.1) is 0 Å². The zero-order chi connectivity index (χ0) is 16.2. The molecule has 23 heavy (non-hydrogen) atoms. The molecule has 2 aliphatic rings. The lowest BCUT2D eigenvalue weighted by Crippen LogP contribution is -2.54. The predicted octanol–water partition coefficient (Wildman–Crippen LogP) is 2.39. The van der Waals surface area contributed by atoms with Gasteiger partial charge in [0.25, 0.3) is 5.91 Å². The molecule has 1 aliphatic heterocycles. The minimum atomic E-state index is -0.0922. The smallest absolute Gasteiger partial charge is 0.317 e. The largest absolute Gasteiger partial charge is 0.456 e. The number of carbonyl (C=O) groups excluding carboxylic acids is 2. The maximum Gasteiger partial charge on any atom is 0.317 e. The average Bonchev–Trinajstić information content (AvgIpc) is 3.02. The van der Waals surface area contributed by atoms with E-state index in [1.54, 1.807) is 17.0 Å². The van der Waals surface area contributed by atoms with Crippen LogP contribution in [-0.2, 0) is 0 Å². The third kappa shape index (κ3) is 3.86. The van der Waals surface area contributed by atoms with Crippen molar-refractivity contribution in [2.75, 3.05) is 26.2 Å². The molecule has 2 fully saturated rings. The Morgan fingerprint density at radius 3 is 2.30 bits per heavy atom. The van der Waals surface area contributed by atoms with Crippen molar-refractivity contribution in [3.05, 3.63) is 23.7 Å². The summed E-state index contributed by atoms with van der Waals surface area (Å²) in [6.45, 7) is 4.08. The van der Waals surface area contributed by atoms with Crippen molar-refractivity contribution in [2.45, 2.75) is 45.1 Å². The normalized spacial score (nSPS) is 19.7. The molecule has 1 saturated heterocycles. The first-order chi connectivity index (χ1) is 11.1. The second-order valence-electron chi connectivity index (χ2n) is 6.47. The first kappa shape index (κ1) is 15.9. The van der Waals surface area contributed by atoms with Crippen molar-refractivity contribution in [2.24, 2.45) is 0 Å². The van der Waals surface area contributed by atoms with Gasteiger partial charge in [-0.1, -0.05) is 19.3 Å². The number of amides is 3. The molecule has 1 aliphatic carbocycles. The molecule has 1 aromatic heterocycles. The molecule has 1 saturated carbocycles. The maximum absolute atomic E-state index is 12.3. The first-order valence-electron chi connectivity index (χ1n) is 8.54. The van der Waals surface area contributed by atoms with Gasteiger partial charge in [-0.25, -0.2) is 4.79 Å². The van der Waals surface area contributed by atoms with E-state index in [4.69, 9.17) is 4.42 Å². The minimum absolute atomic E-state index is 0.0119. The number of furan rings is 1. The molecule has 3 rings (SSSR count). The molecule has 6 nitrogen and oxygen atoms in total. The summed E-state index contributed by atoms with van der Waals surface area (Å²) in [5.74, 6) is 1.02. The minimum Gasteiger partial charge on any atom is -0.456 e. The molecule has 0 atom stereocenters. The van der Waals surface area contributed by atoms with Gasteiger partial charge in [-0.05, 0) is 31.9 Å². The van der Waals surface area contributed by atoms with E-state index >= 15 is 0 Å². The van der Waals surface area contributed by atoms with Crippen LogP contribution in [0.15, 0.2) is 16.5 Å². The number of urea groups is 1. The van der Waals surface area contributed by atoms with Gasteiger partial charge < -0.3 is 19.5 Å². The summed E-state index contributed by atoms with van der Waals surface area (Å²) in [7, 11) is 0. The second kappa shape index (κ2) is 7.06. The Morgan fingerprint density at radius 1 is 1.04 bits per heavy atom. The third-order valence-electron chi connectivity index (χ3n) is 4.74. The topological polar surface area (TPSA) is 65.8 Å². The highest BCUT2D eigenvalue weighted by atomic mass is 16.3. The molecular weight excluding hydrogens is 294 g/mol. The van der Waals surface area contributed by atoms with Crippen molar-refractivity contribution in [1.29, 1.82) is 0 Å². The molecule has 6 heteroatoms. The van der Waals surface area contributed by atoms with Crippen LogP contribution in [-0.4, -0.2) is 54.0 Å². The quantitative estimate of drug-likeness (QED) is 0.910. The molecule has 0 unspecified atom stereocenters. The highest BCUT2D eigenvalue weighted by Gasteiger charge is 2.27. The van der Waals surface area contributed by atoms with Gasteiger partial charge in [0.2, 0.25) is 0 Å². The molecule has 3 amide bonds. The second-order valence-corrected chi connectivity index (χ2v) is 6.47. The molecular formula is C17H25N3O3. The summed E-state index contributed by atoms with van der Waals surface area (Å²) in [6.07, 6.45) is 5.86. The van der Waals surface area contributed by atoms with E-state index in [1.807, 2.05) is 11.8 Å². The van der Waals surface area contributed by atoms with Crippen molar-refractivity contribution < 1.29 is 14.0 Å². The lowest BCUT2D eigenvalue weighted by molar-refractivity contribution is 0.0630. The van der Waals surface area contributed by atoms with Gasteiger partial charge >= 0.3 is 6.03 Å². The van der Waals surface area contributed by atoms with Gasteiger partial charge in [0.15, 0.2) is 5.76 Å². The maximum atomic E-state index is 12.3. The number of hydrogen-bond donors (Lipinski definition) is 1. The van der Waals surface area contributed by atoms with Crippen molar-refractivity contribution >= 4 is 11.9 Å². The number of nitrogens with zero attached hydrogens (tertiary/aromatic N) is 2. The Labute approximate surface area is 136 Å². The highest BCUT2D eigenvalue weighted by molar-refractivity contribution is 5.91. The van der Waals surface area contributed by atoms with E-state index in [9.17, 15) is 9.59 Å². The SMILES string of the molecule is Cc1ccc(C(=O)N2CCN(C(=O)NC3CCCCC3)CC2)o1. The van der Waals surface area contributed by atoms with Crippen LogP contribution in [0.3, 0.4) is 0 Å². The van der Waals surface area contributed by atoms with E-state index in [2.05, 4.69) is 5.32 Å². The molecule has 2 heterocycles. The summed E-state index contributed by atoms with van der Waals surface area (Å²) in [5.41, 5.74) is 0. The number of nitrogens with one attached hydrogen (secondary N) is 1. The molecule has 1 N–H and O–H groups in total. The molecule has 0 spiro atoms. The van der Waals surface area contributed by atoms with Crippen LogP contribution >= 0.6 is 0 Å². The Balaban J connectivity index is 1.47. The Morgan fingerprint density at radius 2 is 1.70 bits per heavy atom. The molecule has 0 bridgehead atoms. The Bertz CT molecular complexity index is 555. The van der Waals surface area contributed by atoms with E-state index in [1.165, 1.54) is 19.3 Å². The van der Waals surface area contributed by atoms with Crippen LogP contribution < -0.4 is 5.32 Å². The zero-order valence-corrected chi connectivity index (χ0v) is 13.7. The van der Waals surface area contributed by atoms with E-state index in [0.717, 1.165) is 18.6 Å². The zero-order valence-electron chi connectivity index (χ0n) is 13.7. The molecule has 0 aromatic carbocycles. The van der Waals surface area contributed by atoms with Crippen LogP contribution in [0.2, 0.25) is 0 Å². The summed E-state index contributed by atoms with van der Waals surface area (Å²) in [6, 6.07) is 3.83. The monoisotopic (exact) mass is 319 g/mol. The fourth-order valence-electron chi connectivity index (χ4n) is 3.33. The number of carbonyl (C=O) groups is 2. The molecule has 126 valence electrons. The van der Waals surface area contributed by atoms with Crippen LogP contribution in [0.4, 0.5) is 4.79 Å². The van der Waals surface area contributed by atoms with Crippen molar-refractivity contribution in [3.63, 3.8) is 0 Å². The summed E-state index contributed by atoms with van der Waals surface area (Å²) in [4.78, 5) is 28.2. The fourth-order valence-corrected chi connectivity index (χ4v) is 3.33. The number of rotatable bonds is 2. The van der Waals surface area contributed by atoms with Crippen LogP contribution in [0, 0.1) is 6.92 Å². The molecule has 1 aromatic rings. The fraction of sp³-hybridized carbons (Fsp3) is 0.647. The number of hydrogen-bond acceptors (Lipinski definition) is 3. The first-order valence-corrected chi connectivity index (χ1v) is 8.54. The van der Waals surface area contributed by atoms with Crippen LogP contribution in [0.25, 0.3) is 0 Å². The van der Waals surface area contributed by atoms with Gasteiger partial charge in [-0.15, -0.1) is 0 Å². The summed E-state index contributed by atoms with van der Waals surface area (Å²) in [5, 5.41) is 3.13. The van der Waals surface area contributed by atoms with E-state index in [-0.39, 0.29) is 11.9 Å². The standard InChI is InChI=1S/C17H25N3O3/c1-13-7-8-15(23-13)16(21)19-9-11-20(12-10-19)17(22)18-14-5-3-2-4-6-14/h7-8,14H,2-6,9-12H2,1H3,(H,18,22). The average molecular weight is 319 g/mol. The van der Waals surface area contributed by atoms with Crippen molar-refractivity contribution in [3.8, 4) is 0 Å².